The Hall–Kier alpha value is -2.62. The topological polar surface area (TPSA) is 83.1 Å². The molecule has 0 fully saturated rings. The highest BCUT2D eigenvalue weighted by atomic mass is 32.2. The summed E-state index contributed by atoms with van der Waals surface area (Å²) in [5.41, 5.74) is 1.13. The Labute approximate surface area is 134 Å². The minimum Gasteiger partial charge on any atom is -0.459 e. The van der Waals surface area contributed by atoms with Crippen molar-refractivity contribution in [2.75, 3.05) is 0 Å². The summed E-state index contributed by atoms with van der Waals surface area (Å²) in [7, 11) is -3.69. The third-order valence-electron chi connectivity index (χ3n) is 3.50. The van der Waals surface area contributed by atoms with Crippen molar-refractivity contribution < 1.29 is 12.8 Å². The average molecular weight is 326 g/mol. The van der Waals surface area contributed by atoms with Gasteiger partial charge in [-0.1, -0.05) is 18.2 Å². The molecule has 1 heterocycles. The van der Waals surface area contributed by atoms with E-state index in [-0.39, 0.29) is 4.90 Å². The van der Waals surface area contributed by atoms with Crippen molar-refractivity contribution in [1.29, 1.82) is 5.26 Å². The maximum absolute atomic E-state index is 12.4. The van der Waals surface area contributed by atoms with Crippen LogP contribution in [-0.2, 0) is 10.0 Å². The molecule has 0 spiro atoms. The quantitative estimate of drug-likeness (QED) is 0.797. The Morgan fingerprint density at radius 1 is 1.13 bits per heavy atom. The van der Waals surface area contributed by atoms with E-state index in [1.54, 1.807) is 6.92 Å². The molecule has 1 aromatic heterocycles. The smallest absolute Gasteiger partial charge is 0.241 e. The molecule has 0 saturated heterocycles. The van der Waals surface area contributed by atoms with E-state index in [1.807, 2.05) is 36.4 Å². The Morgan fingerprint density at radius 2 is 1.83 bits per heavy atom. The van der Waals surface area contributed by atoms with Crippen LogP contribution in [0.1, 0.15) is 24.3 Å². The molecular formula is C17H14N2O3S. The van der Waals surface area contributed by atoms with E-state index >= 15 is 0 Å². The number of nitriles is 1. The molecule has 3 aromatic rings. The molecule has 23 heavy (non-hydrogen) atoms. The van der Waals surface area contributed by atoms with Gasteiger partial charge in [-0.15, -0.1) is 0 Å². The van der Waals surface area contributed by atoms with Gasteiger partial charge in [-0.25, -0.2) is 13.1 Å². The van der Waals surface area contributed by atoms with Crippen molar-refractivity contribution in [1.82, 2.24) is 4.72 Å². The number of rotatable bonds is 4. The normalized spacial score (nSPS) is 12.9. The summed E-state index contributed by atoms with van der Waals surface area (Å²) in [6.07, 6.45) is 0. The molecule has 5 nitrogen and oxygen atoms in total. The number of hydrogen-bond acceptors (Lipinski definition) is 4. The van der Waals surface area contributed by atoms with Crippen LogP contribution in [0.25, 0.3) is 11.0 Å². The van der Waals surface area contributed by atoms with Gasteiger partial charge in [-0.05, 0) is 43.3 Å². The fraction of sp³-hybridized carbons (Fsp3) is 0.118. The second kappa shape index (κ2) is 5.88. The molecule has 2 aromatic carbocycles. The standard InChI is InChI=1S/C17H14N2O3S/c1-12(17-10-14-4-2-3-5-16(14)22-17)19-23(20,21)15-8-6-13(11-18)7-9-15/h2-10,12,19H,1H3/t12-/m1/s1. The van der Waals surface area contributed by atoms with Crippen LogP contribution in [-0.4, -0.2) is 8.42 Å². The minimum absolute atomic E-state index is 0.111. The fourth-order valence-electron chi connectivity index (χ4n) is 2.28. The lowest BCUT2D eigenvalue weighted by molar-refractivity contribution is 0.484. The van der Waals surface area contributed by atoms with Crippen molar-refractivity contribution in [3.8, 4) is 6.07 Å². The van der Waals surface area contributed by atoms with Gasteiger partial charge in [0.15, 0.2) is 0 Å². The molecule has 0 aliphatic rings. The van der Waals surface area contributed by atoms with Crippen molar-refractivity contribution in [2.24, 2.45) is 0 Å². The summed E-state index contributed by atoms with van der Waals surface area (Å²) in [6, 6.07) is 16.5. The highest BCUT2D eigenvalue weighted by Gasteiger charge is 2.20. The van der Waals surface area contributed by atoms with Crippen molar-refractivity contribution in [3.05, 3.63) is 65.9 Å². The molecule has 6 heteroatoms. The van der Waals surface area contributed by atoms with E-state index in [9.17, 15) is 8.42 Å². The van der Waals surface area contributed by atoms with Gasteiger partial charge >= 0.3 is 0 Å². The number of nitrogens with one attached hydrogen (secondary N) is 1. The average Bonchev–Trinajstić information content (AvgIpc) is 2.99. The number of hydrogen-bond donors (Lipinski definition) is 1. The van der Waals surface area contributed by atoms with E-state index in [0.717, 1.165) is 5.39 Å². The number of benzene rings is 2. The maximum Gasteiger partial charge on any atom is 0.241 e. The summed E-state index contributed by atoms with van der Waals surface area (Å²) in [5, 5.41) is 9.69. The SMILES string of the molecule is C[C@@H](NS(=O)(=O)c1ccc(C#N)cc1)c1cc2ccccc2o1. The molecular weight excluding hydrogens is 312 g/mol. The first-order valence-corrected chi connectivity index (χ1v) is 8.49. The molecule has 0 amide bonds. The lowest BCUT2D eigenvalue weighted by Crippen LogP contribution is -2.26. The van der Waals surface area contributed by atoms with Gasteiger partial charge in [0.25, 0.3) is 0 Å². The Kier molecular flexibility index (Phi) is 3.90. The van der Waals surface area contributed by atoms with Crippen LogP contribution in [0.3, 0.4) is 0 Å². The highest BCUT2D eigenvalue weighted by Crippen LogP contribution is 2.24. The zero-order chi connectivity index (χ0) is 16.4. The minimum atomic E-state index is -3.69. The van der Waals surface area contributed by atoms with Crippen LogP contribution < -0.4 is 4.72 Å². The van der Waals surface area contributed by atoms with Crippen LogP contribution in [0.5, 0.6) is 0 Å². The summed E-state index contributed by atoms with van der Waals surface area (Å²) in [6.45, 7) is 1.72. The van der Waals surface area contributed by atoms with Crippen LogP contribution in [0.15, 0.2) is 63.9 Å². The molecule has 0 radical (unpaired) electrons. The third kappa shape index (κ3) is 3.11. The lowest BCUT2D eigenvalue weighted by atomic mass is 10.2. The third-order valence-corrected chi connectivity index (χ3v) is 5.05. The van der Waals surface area contributed by atoms with E-state index in [1.165, 1.54) is 24.3 Å². The van der Waals surface area contributed by atoms with E-state index < -0.39 is 16.1 Å². The molecule has 116 valence electrons. The summed E-state index contributed by atoms with van der Waals surface area (Å²) in [5.74, 6) is 0.545. The maximum atomic E-state index is 12.4. The van der Waals surface area contributed by atoms with E-state index in [4.69, 9.17) is 9.68 Å². The molecule has 0 aliphatic carbocycles. The number of nitrogens with zero attached hydrogens (tertiary/aromatic N) is 1. The second-order valence-electron chi connectivity index (χ2n) is 5.17. The first kappa shape index (κ1) is 15.3. The first-order valence-electron chi connectivity index (χ1n) is 7.00. The van der Waals surface area contributed by atoms with Crippen molar-refractivity contribution in [3.63, 3.8) is 0 Å². The molecule has 0 bridgehead atoms. The van der Waals surface area contributed by atoms with Gasteiger partial charge in [-0.3, -0.25) is 0 Å². The Balaban J connectivity index is 1.85. The highest BCUT2D eigenvalue weighted by molar-refractivity contribution is 7.89. The fourth-order valence-corrected chi connectivity index (χ4v) is 3.50. The monoisotopic (exact) mass is 326 g/mol. The molecule has 0 unspecified atom stereocenters. The largest absolute Gasteiger partial charge is 0.459 e. The zero-order valence-corrected chi connectivity index (χ0v) is 13.2. The number of para-hydroxylation sites is 1. The van der Waals surface area contributed by atoms with Gasteiger partial charge in [0.2, 0.25) is 10.0 Å². The Morgan fingerprint density at radius 3 is 2.48 bits per heavy atom. The van der Waals surface area contributed by atoms with Gasteiger partial charge in [0, 0.05) is 5.39 Å². The van der Waals surface area contributed by atoms with Crippen molar-refractivity contribution in [2.45, 2.75) is 17.9 Å². The van der Waals surface area contributed by atoms with Crippen LogP contribution in [0.4, 0.5) is 0 Å². The number of fused-ring (bicyclic) bond motifs is 1. The van der Waals surface area contributed by atoms with Gasteiger partial charge in [0.1, 0.15) is 11.3 Å². The van der Waals surface area contributed by atoms with Crippen molar-refractivity contribution >= 4 is 21.0 Å². The van der Waals surface area contributed by atoms with E-state index in [0.29, 0.717) is 16.9 Å². The van der Waals surface area contributed by atoms with Gasteiger partial charge in [-0.2, -0.15) is 5.26 Å². The first-order chi connectivity index (χ1) is 11.0. The number of furan rings is 1. The summed E-state index contributed by atoms with van der Waals surface area (Å²) in [4.78, 5) is 0.111. The van der Waals surface area contributed by atoms with Gasteiger partial charge < -0.3 is 4.42 Å². The molecule has 1 atom stereocenters. The van der Waals surface area contributed by atoms with Crippen LogP contribution >= 0.6 is 0 Å². The predicted molar refractivity (Wildman–Crippen MR) is 86.1 cm³/mol. The Bertz CT molecular complexity index is 950. The zero-order valence-electron chi connectivity index (χ0n) is 12.4. The second-order valence-corrected chi connectivity index (χ2v) is 6.88. The lowest BCUT2D eigenvalue weighted by Gasteiger charge is -2.12. The molecule has 0 saturated carbocycles. The number of sulfonamides is 1. The van der Waals surface area contributed by atoms with Crippen LogP contribution in [0, 0.1) is 11.3 Å². The predicted octanol–water partition coefficient (Wildman–Crippen LogP) is 3.34. The molecule has 3 rings (SSSR count). The van der Waals surface area contributed by atoms with Gasteiger partial charge in [0.05, 0.1) is 22.6 Å². The molecule has 1 N–H and O–H groups in total. The summed E-state index contributed by atoms with van der Waals surface area (Å²) >= 11 is 0. The van der Waals surface area contributed by atoms with Crippen LogP contribution in [0.2, 0.25) is 0 Å². The summed E-state index contributed by atoms with van der Waals surface area (Å²) < 4.78 is 33.1. The molecule has 0 aliphatic heterocycles. The van der Waals surface area contributed by atoms with E-state index in [2.05, 4.69) is 4.72 Å².